The van der Waals surface area contributed by atoms with Crippen LogP contribution in [0.2, 0.25) is 0 Å². The first-order valence-electron chi connectivity index (χ1n) is 8.83. The number of rotatable bonds is 6. The first kappa shape index (κ1) is 20.7. The highest BCUT2D eigenvalue weighted by molar-refractivity contribution is 6.07. The maximum absolute atomic E-state index is 13.0. The first-order valence-corrected chi connectivity index (χ1v) is 8.83. The average molecular weight is 413 g/mol. The summed E-state index contributed by atoms with van der Waals surface area (Å²) in [4.78, 5) is 39.3. The second-order valence-corrected chi connectivity index (χ2v) is 6.05. The number of carbonyl (C=O) groups excluding carboxylic acids is 2. The van der Waals surface area contributed by atoms with Gasteiger partial charge in [-0.3, -0.25) is 9.59 Å². The Bertz CT molecular complexity index is 1160. The zero-order valence-corrected chi connectivity index (χ0v) is 15.8. The van der Waals surface area contributed by atoms with Crippen LogP contribution in [0.5, 0.6) is 5.75 Å². The zero-order valence-electron chi connectivity index (χ0n) is 15.8. The summed E-state index contributed by atoms with van der Waals surface area (Å²) in [6.07, 6.45) is 0.297. The molecule has 0 unspecified atom stereocenters. The molecule has 30 heavy (non-hydrogen) atoms. The molecule has 0 radical (unpaired) electrons. The number of carbonyl (C=O) groups is 2. The maximum Gasteiger partial charge on any atom is 0.433 e. The Hall–Kier alpha value is -4.01. The Morgan fingerprint density at radius 2 is 1.90 bits per heavy atom. The Labute approximate surface area is 169 Å². The van der Waals surface area contributed by atoms with Gasteiger partial charge in [0, 0.05) is 12.5 Å². The van der Waals surface area contributed by atoms with Gasteiger partial charge in [-0.15, -0.1) is 0 Å². The molecule has 3 aromatic rings. The van der Waals surface area contributed by atoms with Gasteiger partial charge in [-0.05, 0) is 36.8 Å². The topological polar surface area (TPSA) is 119 Å². The van der Waals surface area contributed by atoms with E-state index in [1.807, 2.05) is 0 Å². The van der Waals surface area contributed by atoms with E-state index in [1.54, 1.807) is 19.1 Å². The highest BCUT2D eigenvalue weighted by Crippen LogP contribution is 2.21. The van der Waals surface area contributed by atoms with E-state index in [-0.39, 0.29) is 23.9 Å². The number of ketones is 1. The minimum absolute atomic E-state index is 0.109. The van der Waals surface area contributed by atoms with Crippen LogP contribution in [0, 0.1) is 5.82 Å². The van der Waals surface area contributed by atoms with Crippen molar-refractivity contribution in [3.8, 4) is 5.75 Å². The van der Waals surface area contributed by atoms with E-state index in [4.69, 9.17) is 8.83 Å². The smallest absolute Gasteiger partial charge is 0.433 e. The van der Waals surface area contributed by atoms with Crippen LogP contribution in [0.4, 0.5) is 9.18 Å². The van der Waals surface area contributed by atoms with Gasteiger partial charge >= 0.3 is 6.09 Å². The van der Waals surface area contributed by atoms with Crippen molar-refractivity contribution >= 4 is 18.1 Å². The largest absolute Gasteiger partial charge is 0.501 e. The van der Waals surface area contributed by atoms with Gasteiger partial charge in [0.05, 0.1) is 12.8 Å². The van der Waals surface area contributed by atoms with Gasteiger partial charge in [-0.1, -0.05) is 12.1 Å². The van der Waals surface area contributed by atoms with Crippen molar-refractivity contribution in [2.75, 3.05) is 6.61 Å². The van der Waals surface area contributed by atoms with Crippen LogP contribution in [0.25, 0.3) is 0 Å². The molecule has 0 spiro atoms. The van der Waals surface area contributed by atoms with Gasteiger partial charge in [-0.25, -0.2) is 9.18 Å². The number of hydrogen-bond acceptors (Lipinski definition) is 7. The predicted octanol–water partition coefficient (Wildman–Crippen LogP) is 3.47. The van der Waals surface area contributed by atoms with E-state index >= 15 is 0 Å². The van der Waals surface area contributed by atoms with E-state index in [1.165, 1.54) is 24.3 Å². The molecule has 0 saturated carbocycles. The summed E-state index contributed by atoms with van der Waals surface area (Å²) in [5.41, 5.74) is -0.135. The number of aliphatic imine (C=N–C) groups is 1. The molecule has 9 heteroatoms. The molecule has 1 aromatic carbocycles. The van der Waals surface area contributed by atoms with Crippen LogP contribution >= 0.6 is 0 Å². The molecule has 0 saturated heterocycles. The molecule has 0 aliphatic heterocycles. The maximum atomic E-state index is 13.0. The van der Waals surface area contributed by atoms with E-state index in [9.17, 15) is 23.9 Å². The van der Waals surface area contributed by atoms with Crippen LogP contribution in [-0.2, 0) is 11.2 Å². The highest BCUT2D eigenvalue weighted by Gasteiger charge is 2.23. The second kappa shape index (κ2) is 8.99. The van der Waals surface area contributed by atoms with Gasteiger partial charge < -0.3 is 18.7 Å². The van der Waals surface area contributed by atoms with Crippen molar-refractivity contribution in [1.82, 2.24) is 0 Å². The van der Waals surface area contributed by atoms with Gasteiger partial charge in [0.1, 0.15) is 17.3 Å². The lowest BCUT2D eigenvalue weighted by Crippen LogP contribution is -2.10. The molecule has 3 rings (SSSR count). The molecule has 0 aliphatic carbocycles. The molecule has 1 amide bonds. The number of nitrogens with zero attached hydrogens (tertiary/aromatic N) is 1. The van der Waals surface area contributed by atoms with Crippen molar-refractivity contribution in [2.24, 2.45) is 4.99 Å². The van der Waals surface area contributed by atoms with Crippen molar-refractivity contribution in [2.45, 2.75) is 13.3 Å². The molecule has 0 atom stereocenters. The Balaban J connectivity index is 1.84. The van der Waals surface area contributed by atoms with Gasteiger partial charge in [-0.2, -0.15) is 4.99 Å². The quantitative estimate of drug-likeness (QED) is 0.485. The summed E-state index contributed by atoms with van der Waals surface area (Å²) in [6.45, 7) is 1.71. The van der Waals surface area contributed by atoms with Crippen LogP contribution in [-0.4, -0.2) is 29.8 Å². The molecular weight excluding hydrogens is 397 g/mol. The summed E-state index contributed by atoms with van der Waals surface area (Å²) >= 11 is 0. The van der Waals surface area contributed by atoms with Gasteiger partial charge in [0.2, 0.25) is 16.9 Å². The van der Waals surface area contributed by atoms with Crippen LogP contribution in [0.1, 0.15) is 40.3 Å². The Kier molecular flexibility index (Phi) is 6.21. The average Bonchev–Trinajstić information content (AvgIpc) is 3.18. The van der Waals surface area contributed by atoms with Crippen molar-refractivity contribution < 1.29 is 32.7 Å². The molecule has 0 bridgehead atoms. The fraction of sp³-hybridized carbons (Fsp3) is 0.143. The van der Waals surface area contributed by atoms with Crippen molar-refractivity contribution in [3.63, 3.8) is 0 Å². The molecule has 0 fully saturated rings. The fourth-order valence-corrected chi connectivity index (χ4v) is 2.51. The van der Waals surface area contributed by atoms with Gasteiger partial charge in [0.25, 0.3) is 5.78 Å². The Morgan fingerprint density at radius 1 is 1.17 bits per heavy atom. The number of halogens is 1. The minimum Gasteiger partial charge on any atom is -0.501 e. The lowest BCUT2D eigenvalue weighted by atomic mass is 10.1. The predicted molar refractivity (Wildman–Crippen MR) is 103 cm³/mol. The molecule has 154 valence electrons. The monoisotopic (exact) mass is 413 g/mol. The number of furan rings is 1. The molecule has 8 nitrogen and oxygen atoms in total. The summed E-state index contributed by atoms with van der Waals surface area (Å²) in [5, 5.41) is 9.94. The minimum atomic E-state index is -0.905. The van der Waals surface area contributed by atoms with Crippen molar-refractivity contribution in [3.05, 3.63) is 87.1 Å². The third kappa shape index (κ3) is 4.88. The summed E-state index contributed by atoms with van der Waals surface area (Å²) in [6, 6.07) is 9.54. The SMILES string of the molecule is CCOC(=O)N=Cc1cc(=O)c(O)c(C(=O)c2ccc(Cc3ccc(F)cc3)o2)o1. The first-order chi connectivity index (χ1) is 14.4. The standard InChI is InChI=1S/C21H16FNO7/c1-2-28-21(27)23-11-15-10-16(24)18(25)20(30-15)19(26)17-8-7-14(29-17)9-12-3-5-13(22)6-4-12/h3-8,10-11,25H,2,9H2,1H3. The zero-order chi connectivity index (χ0) is 21.7. The van der Waals surface area contributed by atoms with E-state index in [2.05, 4.69) is 9.73 Å². The van der Waals surface area contributed by atoms with E-state index in [0.29, 0.717) is 12.2 Å². The molecular formula is C21H16FNO7. The fourth-order valence-electron chi connectivity index (χ4n) is 2.51. The normalized spacial score (nSPS) is 11.0. The van der Waals surface area contributed by atoms with Gasteiger partial charge in [0.15, 0.2) is 5.76 Å². The lowest BCUT2D eigenvalue weighted by molar-refractivity contribution is 0.0974. The molecule has 0 aliphatic rings. The number of aromatic hydroxyl groups is 1. The van der Waals surface area contributed by atoms with E-state index in [0.717, 1.165) is 17.8 Å². The summed E-state index contributed by atoms with van der Waals surface area (Å²) in [7, 11) is 0. The number of benzene rings is 1. The van der Waals surface area contributed by atoms with Crippen LogP contribution < -0.4 is 5.43 Å². The molecule has 2 heterocycles. The molecule has 2 aromatic heterocycles. The number of amides is 1. The third-order valence-corrected chi connectivity index (χ3v) is 3.89. The van der Waals surface area contributed by atoms with E-state index < -0.39 is 28.8 Å². The lowest BCUT2D eigenvalue weighted by Gasteiger charge is -2.02. The van der Waals surface area contributed by atoms with Crippen LogP contribution in [0.3, 0.4) is 0 Å². The van der Waals surface area contributed by atoms with Crippen molar-refractivity contribution in [1.29, 1.82) is 0 Å². The van der Waals surface area contributed by atoms with Crippen LogP contribution in [0.15, 0.2) is 61.1 Å². The number of ether oxygens (including phenoxy) is 1. The highest BCUT2D eigenvalue weighted by atomic mass is 19.1. The number of hydrogen-bond donors (Lipinski definition) is 1. The summed E-state index contributed by atoms with van der Waals surface area (Å²) in [5.74, 6) is -2.79. The molecule has 1 N–H and O–H groups in total. The second-order valence-electron chi connectivity index (χ2n) is 6.05. The third-order valence-electron chi connectivity index (χ3n) is 3.89. The Morgan fingerprint density at radius 3 is 2.60 bits per heavy atom. The summed E-state index contributed by atoms with van der Waals surface area (Å²) < 4.78 is 28.3.